The quantitative estimate of drug-likeness (QED) is 0.715. The molecule has 0 spiro atoms. The zero-order valence-corrected chi connectivity index (χ0v) is 16.9. The Labute approximate surface area is 169 Å². The summed E-state index contributed by atoms with van der Waals surface area (Å²) in [4.78, 5) is 22.6. The van der Waals surface area contributed by atoms with Gasteiger partial charge in [-0.05, 0) is 57.9 Å². The molecule has 0 radical (unpaired) electrons. The van der Waals surface area contributed by atoms with E-state index in [9.17, 15) is 9.18 Å². The van der Waals surface area contributed by atoms with Crippen molar-refractivity contribution in [2.24, 2.45) is 0 Å². The zero-order valence-electron chi connectivity index (χ0n) is 16.9. The molecule has 1 amide bonds. The van der Waals surface area contributed by atoms with Crippen LogP contribution in [0.3, 0.4) is 0 Å². The summed E-state index contributed by atoms with van der Waals surface area (Å²) < 4.78 is 18.5. The van der Waals surface area contributed by atoms with Crippen molar-refractivity contribution in [3.63, 3.8) is 0 Å². The standard InChI is InChI=1S/C20H27FN6O2/c1-20(2,3)29-19(28)27-10-4-5-15(12-27)24-17-16(22)11-23-18(26-17)25-14-8-6-13(21)7-9-14/h6-9,11,15H,4-5,10,12,22H2,1-3H3,(H2,23,24,25,26)/t15-/m1/s1. The number of benzene rings is 1. The van der Waals surface area contributed by atoms with Gasteiger partial charge in [0.2, 0.25) is 5.95 Å². The number of hydrogen-bond acceptors (Lipinski definition) is 7. The summed E-state index contributed by atoms with van der Waals surface area (Å²) in [6.07, 6.45) is 2.92. The lowest BCUT2D eigenvalue weighted by Gasteiger charge is -2.34. The molecular weight excluding hydrogens is 375 g/mol. The van der Waals surface area contributed by atoms with Crippen LogP contribution in [0.15, 0.2) is 30.5 Å². The van der Waals surface area contributed by atoms with Gasteiger partial charge in [0.15, 0.2) is 5.82 Å². The highest BCUT2D eigenvalue weighted by molar-refractivity contribution is 5.69. The van der Waals surface area contributed by atoms with Crippen LogP contribution >= 0.6 is 0 Å². The van der Waals surface area contributed by atoms with Crippen LogP contribution in [0.25, 0.3) is 0 Å². The molecule has 3 rings (SSSR count). The maximum absolute atomic E-state index is 13.1. The summed E-state index contributed by atoms with van der Waals surface area (Å²) >= 11 is 0. The lowest BCUT2D eigenvalue weighted by molar-refractivity contribution is 0.0206. The lowest BCUT2D eigenvalue weighted by Crippen LogP contribution is -2.47. The van der Waals surface area contributed by atoms with E-state index >= 15 is 0 Å². The number of ether oxygens (including phenoxy) is 1. The second-order valence-electron chi connectivity index (χ2n) is 8.04. The number of nitrogens with two attached hydrogens (primary N) is 1. The summed E-state index contributed by atoms with van der Waals surface area (Å²) in [7, 11) is 0. The zero-order chi connectivity index (χ0) is 21.0. The number of anilines is 4. The molecule has 2 aromatic rings. The van der Waals surface area contributed by atoms with Gasteiger partial charge in [0, 0.05) is 24.8 Å². The number of rotatable bonds is 4. The normalized spacial score (nSPS) is 17.0. The Morgan fingerprint density at radius 3 is 2.72 bits per heavy atom. The highest BCUT2D eigenvalue weighted by Gasteiger charge is 2.28. The van der Waals surface area contributed by atoms with Gasteiger partial charge in [0.05, 0.1) is 11.9 Å². The van der Waals surface area contributed by atoms with Crippen molar-refractivity contribution >= 4 is 29.2 Å². The molecule has 1 aliphatic heterocycles. The third-order valence-corrected chi connectivity index (χ3v) is 4.33. The van der Waals surface area contributed by atoms with Crippen LogP contribution in [0.5, 0.6) is 0 Å². The Hall–Kier alpha value is -3.10. The van der Waals surface area contributed by atoms with Crippen LogP contribution in [0.2, 0.25) is 0 Å². The molecule has 0 unspecified atom stereocenters. The minimum Gasteiger partial charge on any atom is -0.444 e. The molecule has 1 aromatic heterocycles. The lowest BCUT2D eigenvalue weighted by atomic mass is 10.1. The number of nitrogen functional groups attached to an aromatic ring is 1. The molecule has 156 valence electrons. The average molecular weight is 402 g/mol. The van der Waals surface area contributed by atoms with Gasteiger partial charge in [-0.1, -0.05) is 0 Å². The van der Waals surface area contributed by atoms with E-state index in [0.717, 1.165) is 12.8 Å². The van der Waals surface area contributed by atoms with E-state index in [2.05, 4.69) is 20.6 Å². The van der Waals surface area contributed by atoms with Crippen LogP contribution in [0.4, 0.5) is 32.3 Å². The van der Waals surface area contributed by atoms with Crippen molar-refractivity contribution in [1.29, 1.82) is 0 Å². The first-order valence-corrected chi connectivity index (χ1v) is 9.59. The number of carbonyl (C=O) groups is 1. The molecule has 9 heteroatoms. The van der Waals surface area contributed by atoms with E-state index in [1.165, 1.54) is 18.3 Å². The number of nitrogens with zero attached hydrogens (tertiary/aromatic N) is 3. The Balaban J connectivity index is 1.66. The Morgan fingerprint density at radius 1 is 1.31 bits per heavy atom. The number of halogens is 1. The van der Waals surface area contributed by atoms with Crippen molar-refractivity contribution < 1.29 is 13.9 Å². The van der Waals surface area contributed by atoms with Crippen molar-refractivity contribution in [1.82, 2.24) is 14.9 Å². The summed E-state index contributed by atoms with van der Waals surface area (Å²) in [6, 6.07) is 5.90. The predicted octanol–water partition coefficient (Wildman–Crippen LogP) is 3.75. The molecule has 0 bridgehead atoms. The van der Waals surface area contributed by atoms with E-state index in [0.29, 0.717) is 36.2 Å². The first-order chi connectivity index (χ1) is 13.7. The van der Waals surface area contributed by atoms with Crippen LogP contribution in [0, 0.1) is 5.82 Å². The number of hydrogen-bond donors (Lipinski definition) is 3. The fraction of sp³-hybridized carbons (Fsp3) is 0.450. The maximum atomic E-state index is 13.1. The van der Waals surface area contributed by atoms with Crippen LogP contribution in [-0.2, 0) is 4.74 Å². The van der Waals surface area contributed by atoms with Gasteiger partial charge < -0.3 is 26.0 Å². The van der Waals surface area contributed by atoms with Gasteiger partial charge in [-0.15, -0.1) is 0 Å². The van der Waals surface area contributed by atoms with Crippen molar-refractivity contribution in [2.45, 2.75) is 45.3 Å². The molecule has 2 heterocycles. The highest BCUT2D eigenvalue weighted by Crippen LogP contribution is 2.23. The number of likely N-dealkylation sites (tertiary alicyclic amines) is 1. The molecule has 0 saturated carbocycles. The van der Waals surface area contributed by atoms with E-state index in [4.69, 9.17) is 10.5 Å². The third kappa shape index (κ3) is 5.94. The molecule has 1 aromatic carbocycles. The monoisotopic (exact) mass is 402 g/mol. The smallest absolute Gasteiger partial charge is 0.410 e. The topological polar surface area (TPSA) is 105 Å². The second-order valence-corrected chi connectivity index (χ2v) is 8.04. The molecule has 0 aliphatic carbocycles. The van der Waals surface area contributed by atoms with Crippen LogP contribution in [0.1, 0.15) is 33.6 Å². The Kier molecular flexibility index (Phi) is 6.05. The molecular formula is C20H27FN6O2. The van der Waals surface area contributed by atoms with Gasteiger partial charge >= 0.3 is 6.09 Å². The molecule has 1 saturated heterocycles. The summed E-state index contributed by atoms with van der Waals surface area (Å²) in [6.45, 7) is 6.70. The van der Waals surface area contributed by atoms with Gasteiger partial charge in [0.1, 0.15) is 11.4 Å². The number of amides is 1. The summed E-state index contributed by atoms with van der Waals surface area (Å²) in [5, 5.41) is 6.33. The average Bonchev–Trinajstić information content (AvgIpc) is 2.65. The number of carbonyl (C=O) groups excluding carboxylic acids is 1. The molecule has 1 fully saturated rings. The fourth-order valence-electron chi connectivity index (χ4n) is 3.01. The largest absolute Gasteiger partial charge is 0.444 e. The second kappa shape index (κ2) is 8.50. The molecule has 8 nitrogen and oxygen atoms in total. The molecule has 1 aliphatic rings. The van der Waals surface area contributed by atoms with Crippen molar-refractivity contribution in [3.05, 3.63) is 36.3 Å². The van der Waals surface area contributed by atoms with E-state index < -0.39 is 5.60 Å². The Morgan fingerprint density at radius 2 is 2.03 bits per heavy atom. The third-order valence-electron chi connectivity index (χ3n) is 4.33. The van der Waals surface area contributed by atoms with Gasteiger partial charge in [-0.25, -0.2) is 14.2 Å². The van der Waals surface area contributed by atoms with Crippen molar-refractivity contribution in [3.8, 4) is 0 Å². The number of nitrogens with one attached hydrogen (secondary N) is 2. The highest BCUT2D eigenvalue weighted by atomic mass is 19.1. The Bertz CT molecular complexity index is 853. The first kappa shape index (κ1) is 20.6. The summed E-state index contributed by atoms with van der Waals surface area (Å²) in [5.41, 5.74) is 6.56. The molecule has 29 heavy (non-hydrogen) atoms. The number of aromatic nitrogens is 2. The number of piperidine rings is 1. The van der Waals surface area contributed by atoms with E-state index in [1.54, 1.807) is 17.0 Å². The first-order valence-electron chi connectivity index (χ1n) is 9.59. The van der Waals surface area contributed by atoms with Gasteiger partial charge in [-0.2, -0.15) is 4.98 Å². The minimum atomic E-state index is -0.532. The fourth-order valence-corrected chi connectivity index (χ4v) is 3.01. The minimum absolute atomic E-state index is 0.00728. The van der Waals surface area contributed by atoms with E-state index in [1.807, 2.05) is 20.8 Å². The van der Waals surface area contributed by atoms with Gasteiger partial charge in [0.25, 0.3) is 0 Å². The molecule has 1 atom stereocenters. The van der Waals surface area contributed by atoms with Crippen LogP contribution < -0.4 is 16.4 Å². The predicted molar refractivity (Wildman–Crippen MR) is 111 cm³/mol. The van der Waals surface area contributed by atoms with E-state index in [-0.39, 0.29) is 18.0 Å². The molecule has 4 N–H and O–H groups in total. The SMILES string of the molecule is CC(C)(C)OC(=O)N1CCC[C@@H](Nc2nc(Nc3ccc(F)cc3)ncc2N)C1. The maximum Gasteiger partial charge on any atom is 0.410 e. The van der Waals surface area contributed by atoms with Gasteiger partial charge in [-0.3, -0.25) is 0 Å². The van der Waals surface area contributed by atoms with Crippen LogP contribution in [-0.4, -0.2) is 45.7 Å². The van der Waals surface area contributed by atoms with Crippen molar-refractivity contribution in [2.75, 3.05) is 29.5 Å². The summed E-state index contributed by atoms with van der Waals surface area (Å²) in [5.74, 6) is 0.511.